The Morgan fingerprint density at radius 2 is 2.05 bits per heavy atom. The van der Waals surface area contributed by atoms with E-state index in [9.17, 15) is 13.2 Å². The first-order valence-corrected chi connectivity index (χ1v) is 9.48. The van der Waals surface area contributed by atoms with E-state index < -0.39 is 9.05 Å². The smallest absolute Gasteiger partial charge is 0.232 e. The van der Waals surface area contributed by atoms with Gasteiger partial charge in [0.25, 0.3) is 0 Å². The Morgan fingerprint density at radius 1 is 1.33 bits per heavy atom. The normalized spacial score (nSPS) is 19.3. The molecule has 4 nitrogen and oxygen atoms in total. The van der Waals surface area contributed by atoms with Gasteiger partial charge >= 0.3 is 0 Å². The number of likely N-dealkylation sites (tertiary alicyclic amines) is 1. The highest BCUT2D eigenvalue weighted by atomic mass is 35.7. The predicted octanol–water partition coefficient (Wildman–Crippen LogP) is 2.26. The van der Waals surface area contributed by atoms with Crippen LogP contribution in [0.25, 0.3) is 0 Å². The lowest BCUT2D eigenvalue weighted by molar-refractivity contribution is -0.127. The molecule has 1 aromatic carbocycles. The summed E-state index contributed by atoms with van der Waals surface area (Å²) in [6.45, 7) is 5.23. The highest BCUT2D eigenvalue weighted by Crippen LogP contribution is 2.21. The maximum absolute atomic E-state index is 11.9. The van der Waals surface area contributed by atoms with E-state index in [1.165, 1.54) is 16.7 Å². The van der Waals surface area contributed by atoms with Crippen molar-refractivity contribution in [2.75, 3.05) is 18.8 Å². The molecule has 1 unspecified atom stereocenters. The molecular formula is C15H20ClNO3S. The van der Waals surface area contributed by atoms with Crippen LogP contribution in [-0.2, 0) is 20.3 Å². The number of hydrogen-bond acceptors (Lipinski definition) is 3. The third-order valence-corrected chi connectivity index (χ3v) is 5.13. The zero-order valence-electron chi connectivity index (χ0n) is 12.3. The van der Waals surface area contributed by atoms with Gasteiger partial charge in [-0.15, -0.1) is 0 Å². The summed E-state index contributed by atoms with van der Waals surface area (Å²) in [5.41, 5.74) is 3.67. The first kappa shape index (κ1) is 16.3. The summed E-state index contributed by atoms with van der Waals surface area (Å²) in [5, 5.41) is 0. The third kappa shape index (κ3) is 4.71. The van der Waals surface area contributed by atoms with E-state index in [1.807, 2.05) is 0 Å². The van der Waals surface area contributed by atoms with Crippen LogP contribution < -0.4 is 0 Å². The minimum absolute atomic E-state index is 0.0186. The van der Waals surface area contributed by atoms with Gasteiger partial charge in [0.1, 0.15) is 0 Å². The molecule has 0 saturated carbocycles. The quantitative estimate of drug-likeness (QED) is 0.779. The van der Waals surface area contributed by atoms with E-state index in [2.05, 4.69) is 32.0 Å². The lowest BCUT2D eigenvalue weighted by atomic mass is 10.0. The standard InChI is InChI=1S/C15H20ClNO3S/c1-11-3-4-14(12(2)7-11)5-6-17-9-13(8-15(17)18)10-21(16,19)20/h3-4,7,13H,5-6,8-10H2,1-2H3. The van der Waals surface area contributed by atoms with Crippen molar-refractivity contribution in [3.05, 3.63) is 34.9 Å². The minimum atomic E-state index is -3.54. The summed E-state index contributed by atoms with van der Waals surface area (Å²) in [5.74, 6) is -0.287. The zero-order chi connectivity index (χ0) is 15.6. The van der Waals surface area contributed by atoms with Gasteiger partial charge in [0.2, 0.25) is 15.0 Å². The molecule has 1 amide bonds. The molecule has 1 aliphatic heterocycles. The summed E-state index contributed by atoms with van der Waals surface area (Å²) in [4.78, 5) is 13.7. The predicted molar refractivity (Wildman–Crippen MR) is 83.9 cm³/mol. The van der Waals surface area contributed by atoms with Crippen molar-refractivity contribution in [1.82, 2.24) is 4.90 Å². The first-order valence-electron chi connectivity index (χ1n) is 7.01. The number of carbonyl (C=O) groups excluding carboxylic acids is 1. The summed E-state index contributed by atoms with van der Waals surface area (Å²) < 4.78 is 22.2. The van der Waals surface area contributed by atoms with Gasteiger partial charge in [-0.25, -0.2) is 8.42 Å². The molecule has 0 aromatic heterocycles. The van der Waals surface area contributed by atoms with E-state index >= 15 is 0 Å². The van der Waals surface area contributed by atoms with E-state index in [-0.39, 0.29) is 24.0 Å². The molecule has 1 fully saturated rings. The van der Waals surface area contributed by atoms with E-state index in [0.29, 0.717) is 13.1 Å². The molecule has 0 spiro atoms. The fourth-order valence-electron chi connectivity index (χ4n) is 2.84. The van der Waals surface area contributed by atoms with Crippen molar-refractivity contribution in [3.63, 3.8) is 0 Å². The van der Waals surface area contributed by atoms with Crippen molar-refractivity contribution in [2.24, 2.45) is 5.92 Å². The SMILES string of the molecule is Cc1ccc(CCN2CC(CS(=O)(=O)Cl)CC2=O)c(C)c1. The molecular weight excluding hydrogens is 310 g/mol. The van der Waals surface area contributed by atoms with Crippen molar-refractivity contribution in [1.29, 1.82) is 0 Å². The molecule has 0 bridgehead atoms. The molecule has 1 saturated heterocycles. The summed E-state index contributed by atoms with van der Waals surface area (Å²) >= 11 is 0. The van der Waals surface area contributed by atoms with Crippen molar-refractivity contribution < 1.29 is 13.2 Å². The molecule has 1 aliphatic rings. The number of hydrogen-bond donors (Lipinski definition) is 0. The maximum Gasteiger partial charge on any atom is 0.232 e. The van der Waals surface area contributed by atoms with Gasteiger partial charge in [0.15, 0.2) is 0 Å². The molecule has 0 radical (unpaired) electrons. The molecule has 0 N–H and O–H groups in total. The number of carbonyl (C=O) groups is 1. The highest BCUT2D eigenvalue weighted by Gasteiger charge is 2.31. The Labute approximate surface area is 130 Å². The third-order valence-electron chi connectivity index (χ3n) is 3.88. The number of aryl methyl sites for hydroxylation is 2. The van der Waals surface area contributed by atoms with Gasteiger partial charge in [0, 0.05) is 36.1 Å². The average molecular weight is 330 g/mol. The van der Waals surface area contributed by atoms with Crippen LogP contribution in [0, 0.1) is 19.8 Å². The van der Waals surface area contributed by atoms with Crippen LogP contribution in [0.3, 0.4) is 0 Å². The Kier molecular flexibility index (Phi) is 4.94. The Balaban J connectivity index is 1.93. The van der Waals surface area contributed by atoms with E-state index in [4.69, 9.17) is 10.7 Å². The monoisotopic (exact) mass is 329 g/mol. The van der Waals surface area contributed by atoms with Gasteiger partial charge in [0.05, 0.1) is 5.75 Å². The van der Waals surface area contributed by atoms with Gasteiger partial charge < -0.3 is 4.90 Å². The van der Waals surface area contributed by atoms with Crippen LogP contribution >= 0.6 is 10.7 Å². The van der Waals surface area contributed by atoms with Crippen LogP contribution in [0.1, 0.15) is 23.1 Å². The zero-order valence-corrected chi connectivity index (χ0v) is 13.9. The molecule has 0 aliphatic carbocycles. The molecule has 116 valence electrons. The maximum atomic E-state index is 11.9. The molecule has 21 heavy (non-hydrogen) atoms. The minimum Gasteiger partial charge on any atom is -0.342 e. The van der Waals surface area contributed by atoms with Crippen molar-refractivity contribution >= 4 is 25.6 Å². The fourth-order valence-corrected chi connectivity index (χ4v) is 4.17. The molecule has 6 heteroatoms. The Bertz CT molecular complexity index is 642. The van der Waals surface area contributed by atoms with Crippen LogP contribution in [-0.4, -0.2) is 38.1 Å². The molecule has 2 rings (SSSR count). The van der Waals surface area contributed by atoms with Gasteiger partial charge in [-0.3, -0.25) is 4.79 Å². The largest absolute Gasteiger partial charge is 0.342 e. The second kappa shape index (κ2) is 6.36. The summed E-state index contributed by atoms with van der Waals surface area (Å²) in [6, 6.07) is 6.28. The molecule has 1 aromatic rings. The average Bonchev–Trinajstić information content (AvgIpc) is 2.66. The number of amides is 1. The van der Waals surface area contributed by atoms with Crippen LogP contribution in [0.4, 0.5) is 0 Å². The van der Waals surface area contributed by atoms with Gasteiger partial charge in [-0.2, -0.15) is 0 Å². The summed E-state index contributed by atoms with van der Waals surface area (Å²) in [6.07, 6.45) is 1.07. The number of nitrogens with zero attached hydrogens (tertiary/aromatic N) is 1. The van der Waals surface area contributed by atoms with Crippen LogP contribution in [0.2, 0.25) is 0 Å². The van der Waals surface area contributed by atoms with Crippen LogP contribution in [0.5, 0.6) is 0 Å². The molecule has 1 atom stereocenters. The topological polar surface area (TPSA) is 54.5 Å². The Hall–Kier alpha value is -1.07. The fraction of sp³-hybridized carbons (Fsp3) is 0.533. The lowest BCUT2D eigenvalue weighted by Gasteiger charge is -2.17. The number of benzene rings is 1. The Morgan fingerprint density at radius 3 is 2.67 bits per heavy atom. The van der Waals surface area contributed by atoms with Gasteiger partial charge in [-0.1, -0.05) is 23.8 Å². The van der Waals surface area contributed by atoms with Crippen molar-refractivity contribution in [3.8, 4) is 0 Å². The van der Waals surface area contributed by atoms with Crippen molar-refractivity contribution in [2.45, 2.75) is 26.7 Å². The second-order valence-corrected chi connectivity index (χ2v) is 8.62. The lowest BCUT2D eigenvalue weighted by Crippen LogP contribution is -2.28. The summed E-state index contributed by atoms with van der Waals surface area (Å²) in [7, 11) is 1.72. The molecule has 1 heterocycles. The number of halogens is 1. The first-order chi connectivity index (χ1) is 9.74. The number of rotatable bonds is 5. The highest BCUT2D eigenvalue weighted by molar-refractivity contribution is 8.13. The second-order valence-electron chi connectivity index (χ2n) is 5.80. The van der Waals surface area contributed by atoms with E-state index in [1.54, 1.807) is 4.90 Å². The van der Waals surface area contributed by atoms with Gasteiger partial charge in [-0.05, 0) is 31.4 Å². The van der Waals surface area contributed by atoms with E-state index in [0.717, 1.165) is 6.42 Å². The van der Waals surface area contributed by atoms with Crippen LogP contribution in [0.15, 0.2) is 18.2 Å².